The molecule has 1 N–H and O–H groups in total. The Morgan fingerprint density at radius 2 is 1.81 bits per heavy atom. The average molecular weight is 497 g/mol. The molecule has 1 aliphatic heterocycles. The molecule has 2 aliphatic rings. The summed E-state index contributed by atoms with van der Waals surface area (Å²) in [7, 11) is 3.94. The molecule has 1 saturated heterocycles. The number of nitrogens with zero attached hydrogens (tertiary/aromatic N) is 7. The summed E-state index contributed by atoms with van der Waals surface area (Å²) in [5.41, 5.74) is 5.96. The van der Waals surface area contributed by atoms with Crippen molar-refractivity contribution in [1.29, 1.82) is 0 Å². The van der Waals surface area contributed by atoms with Crippen LogP contribution in [-0.2, 0) is 17.8 Å². The summed E-state index contributed by atoms with van der Waals surface area (Å²) < 4.78 is 0. The molecule has 9 heteroatoms. The molecule has 0 unspecified atom stereocenters. The molecule has 3 aromatic heterocycles. The molecule has 0 atom stereocenters. The summed E-state index contributed by atoms with van der Waals surface area (Å²) in [4.78, 5) is 40.7. The van der Waals surface area contributed by atoms with E-state index in [2.05, 4.69) is 43.0 Å². The van der Waals surface area contributed by atoms with E-state index in [1.54, 1.807) is 12.4 Å². The van der Waals surface area contributed by atoms with E-state index < -0.39 is 0 Å². The maximum atomic E-state index is 12.3. The van der Waals surface area contributed by atoms with Crippen molar-refractivity contribution < 1.29 is 4.79 Å². The lowest BCUT2D eigenvalue weighted by atomic mass is 10.1. The van der Waals surface area contributed by atoms with Crippen LogP contribution in [0.4, 0.5) is 5.82 Å². The average Bonchev–Trinajstić information content (AvgIpc) is 3.68. The molecular weight excluding hydrogens is 464 g/mol. The van der Waals surface area contributed by atoms with Crippen LogP contribution in [0, 0.1) is 5.92 Å². The number of aromatic nitrogens is 5. The lowest BCUT2D eigenvalue weighted by Crippen LogP contribution is -2.48. The van der Waals surface area contributed by atoms with Gasteiger partial charge in [-0.2, -0.15) is 0 Å². The van der Waals surface area contributed by atoms with Crippen LogP contribution in [0.5, 0.6) is 0 Å². The third-order valence-corrected chi connectivity index (χ3v) is 7.15. The monoisotopic (exact) mass is 496 g/mol. The molecular formula is C28H32N8O. The molecule has 190 valence electrons. The van der Waals surface area contributed by atoms with Gasteiger partial charge >= 0.3 is 0 Å². The number of nitrogens with one attached hydrogen (secondary N) is 1. The van der Waals surface area contributed by atoms with Crippen LogP contribution >= 0.6 is 0 Å². The Morgan fingerprint density at radius 3 is 2.59 bits per heavy atom. The zero-order valence-electron chi connectivity index (χ0n) is 21.4. The zero-order valence-corrected chi connectivity index (χ0v) is 21.4. The summed E-state index contributed by atoms with van der Waals surface area (Å²) in [5.74, 6) is 2.38. The van der Waals surface area contributed by atoms with Gasteiger partial charge in [0.25, 0.3) is 0 Å². The number of hydrogen-bond donors (Lipinski definition) is 1. The van der Waals surface area contributed by atoms with Crippen molar-refractivity contribution in [2.24, 2.45) is 5.92 Å². The van der Waals surface area contributed by atoms with E-state index in [1.807, 2.05) is 42.2 Å². The third-order valence-electron chi connectivity index (χ3n) is 7.15. The minimum absolute atomic E-state index is 0.307. The zero-order chi connectivity index (χ0) is 25.4. The number of benzene rings is 1. The molecule has 9 nitrogen and oxygen atoms in total. The Balaban J connectivity index is 1.13. The van der Waals surface area contributed by atoms with Crippen molar-refractivity contribution in [3.8, 4) is 11.3 Å². The molecule has 1 amide bonds. The highest BCUT2D eigenvalue weighted by atomic mass is 16.2. The number of pyridine rings is 1. The summed E-state index contributed by atoms with van der Waals surface area (Å²) in [5, 5.41) is 0. The number of anilines is 1. The van der Waals surface area contributed by atoms with Gasteiger partial charge in [-0.3, -0.25) is 19.7 Å². The molecule has 1 aliphatic carbocycles. The van der Waals surface area contributed by atoms with Crippen LogP contribution < -0.4 is 4.90 Å². The smallest absolute Gasteiger partial charge is 0.225 e. The molecule has 0 spiro atoms. The van der Waals surface area contributed by atoms with Crippen molar-refractivity contribution in [3.05, 3.63) is 66.0 Å². The van der Waals surface area contributed by atoms with Crippen molar-refractivity contribution in [2.75, 3.05) is 45.2 Å². The van der Waals surface area contributed by atoms with E-state index in [9.17, 15) is 4.79 Å². The Morgan fingerprint density at radius 1 is 1.00 bits per heavy atom. The standard InChI is InChI=1S/C28H32N8O/c1-34(2)27-26(30-9-10-31-27)21-5-6-23-24(16-21)33-25(32-23)17-22-15-19(7-8-29-22)18-35-11-13-36(14-12-35)28(37)20-3-4-20/h5-10,15-16,20H,3-4,11-14,17-18H2,1-2H3,(H,32,33). The van der Waals surface area contributed by atoms with Gasteiger partial charge in [-0.15, -0.1) is 0 Å². The van der Waals surface area contributed by atoms with Crippen molar-refractivity contribution in [2.45, 2.75) is 25.8 Å². The maximum absolute atomic E-state index is 12.3. The summed E-state index contributed by atoms with van der Waals surface area (Å²) >= 11 is 0. The number of H-pyrrole nitrogens is 1. The fourth-order valence-electron chi connectivity index (χ4n) is 5.02. The van der Waals surface area contributed by atoms with Gasteiger partial charge < -0.3 is 14.8 Å². The van der Waals surface area contributed by atoms with Crippen LogP contribution in [0.3, 0.4) is 0 Å². The van der Waals surface area contributed by atoms with Gasteiger partial charge in [0, 0.05) is 89.0 Å². The SMILES string of the molecule is CN(C)c1nccnc1-c1ccc2nc(Cc3cc(CN4CCN(C(=O)C5CC5)CC4)ccn3)[nH]c2c1. The van der Waals surface area contributed by atoms with Crippen LogP contribution in [0.25, 0.3) is 22.3 Å². The van der Waals surface area contributed by atoms with Crippen LogP contribution in [0.2, 0.25) is 0 Å². The molecule has 37 heavy (non-hydrogen) atoms. The number of piperazine rings is 1. The van der Waals surface area contributed by atoms with E-state index in [1.165, 1.54) is 5.56 Å². The molecule has 0 bridgehead atoms. The summed E-state index contributed by atoms with van der Waals surface area (Å²) in [6, 6.07) is 10.4. The van der Waals surface area contributed by atoms with Crippen molar-refractivity contribution in [1.82, 2.24) is 34.7 Å². The first-order chi connectivity index (χ1) is 18.0. The van der Waals surface area contributed by atoms with E-state index in [0.29, 0.717) is 18.2 Å². The number of aromatic amines is 1. The number of carbonyl (C=O) groups is 1. The number of fused-ring (bicyclic) bond motifs is 1. The molecule has 4 aromatic rings. The van der Waals surface area contributed by atoms with Gasteiger partial charge in [0.2, 0.25) is 5.91 Å². The molecule has 0 radical (unpaired) electrons. The second-order valence-corrected chi connectivity index (χ2v) is 10.2. The molecule has 1 saturated carbocycles. The second kappa shape index (κ2) is 9.89. The Kier molecular flexibility index (Phi) is 6.30. The third kappa shape index (κ3) is 5.17. The van der Waals surface area contributed by atoms with E-state index in [4.69, 9.17) is 4.98 Å². The Labute approximate surface area is 216 Å². The van der Waals surface area contributed by atoms with Crippen LogP contribution in [0.1, 0.15) is 29.9 Å². The highest BCUT2D eigenvalue weighted by Crippen LogP contribution is 2.31. The minimum Gasteiger partial charge on any atom is -0.361 e. The predicted octanol–water partition coefficient (Wildman–Crippen LogP) is 3.13. The van der Waals surface area contributed by atoms with E-state index in [0.717, 1.165) is 85.2 Å². The van der Waals surface area contributed by atoms with Gasteiger partial charge in [-0.25, -0.2) is 9.97 Å². The first-order valence-corrected chi connectivity index (χ1v) is 13.0. The first-order valence-electron chi connectivity index (χ1n) is 13.0. The summed E-state index contributed by atoms with van der Waals surface area (Å²) in [6.45, 7) is 4.38. The quantitative estimate of drug-likeness (QED) is 0.420. The largest absolute Gasteiger partial charge is 0.361 e. The fourth-order valence-corrected chi connectivity index (χ4v) is 5.02. The molecule has 4 heterocycles. The number of imidazole rings is 1. The minimum atomic E-state index is 0.307. The van der Waals surface area contributed by atoms with Gasteiger partial charge in [-0.05, 0) is 42.7 Å². The number of rotatable bonds is 7. The predicted molar refractivity (Wildman–Crippen MR) is 143 cm³/mol. The van der Waals surface area contributed by atoms with Crippen LogP contribution in [0.15, 0.2) is 48.9 Å². The first kappa shape index (κ1) is 23.5. The van der Waals surface area contributed by atoms with Crippen molar-refractivity contribution >= 4 is 22.8 Å². The van der Waals surface area contributed by atoms with Crippen molar-refractivity contribution in [3.63, 3.8) is 0 Å². The van der Waals surface area contributed by atoms with Gasteiger partial charge in [-0.1, -0.05) is 6.07 Å². The fraction of sp³-hybridized carbons (Fsp3) is 0.393. The lowest BCUT2D eigenvalue weighted by molar-refractivity contribution is -0.134. The van der Waals surface area contributed by atoms with Crippen LogP contribution in [-0.4, -0.2) is 80.9 Å². The normalized spacial score (nSPS) is 16.3. The Bertz CT molecular complexity index is 1420. The molecule has 6 rings (SSSR count). The Hall–Kier alpha value is -3.85. The van der Waals surface area contributed by atoms with E-state index in [-0.39, 0.29) is 0 Å². The molecule has 2 fully saturated rings. The van der Waals surface area contributed by atoms with Gasteiger partial charge in [0.05, 0.1) is 11.0 Å². The highest BCUT2D eigenvalue weighted by Gasteiger charge is 2.34. The number of carbonyl (C=O) groups excluding carboxylic acids is 1. The van der Waals surface area contributed by atoms with Gasteiger partial charge in [0.15, 0.2) is 5.82 Å². The summed E-state index contributed by atoms with van der Waals surface area (Å²) in [6.07, 6.45) is 8.10. The van der Waals surface area contributed by atoms with E-state index >= 15 is 0 Å². The lowest BCUT2D eigenvalue weighted by Gasteiger charge is -2.35. The number of hydrogen-bond acceptors (Lipinski definition) is 7. The maximum Gasteiger partial charge on any atom is 0.225 e. The second-order valence-electron chi connectivity index (χ2n) is 10.2. The molecule has 1 aromatic carbocycles. The van der Waals surface area contributed by atoms with Gasteiger partial charge in [0.1, 0.15) is 11.5 Å². The topological polar surface area (TPSA) is 94.1 Å². The number of amides is 1. The highest BCUT2D eigenvalue weighted by molar-refractivity contribution is 5.84.